The van der Waals surface area contributed by atoms with Crippen molar-refractivity contribution in [3.05, 3.63) is 106 Å². The minimum Gasteiger partial charge on any atom is -1.00 e. The third-order valence-electron chi connectivity index (χ3n) is 12.4. The van der Waals surface area contributed by atoms with Crippen LogP contribution >= 0.6 is 11.6 Å². The molecule has 0 N–H and O–H groups in total. The summed E-state index contributed by atoms with van der Waals surface area (Å²) in [7, 11) is 0. The van der Waals surface area contributed by atoms with Gasteiger partial charge in [0.05, 0.1) is 5.41 Å². The van der Waals surface area contributed by atoms with Gasteiger partial charge in [0.15, 0.2) is 5.71 Å². The van der Waals surface area contributed by atoms with Crippen LogP contribution in [0, 0.1) is 0 Å². The summed E-state index contributed by atoms with van der Waals surface area (Å²) in [6.07, 6.45) is 34.2. The van der Waals surface area contributed by atoms with Gasteiger partial charge in [0.25, 0.3) is 0 Å². The minimum absolute atomic E-state index is 0. The topological polar surface area (TPSA) is 6.25 Å². The second kappa shape index (κ2) is 22.0. The van der Waals surface area contributed by atoms with E-state index in [1.807, 2.05) is 0 Å². The number of allylic oxidation sites excluding steroid dienone is 8. The summed E-state index contributed by atoms with van der Waals surface area (Å²) < 4.78 is 2.61. The Labute approximate surface area is 353 Å². The zero-order valence-corrected chi connectivity index (χ0v) is 37.8. The Hall–Kier alpha value is -2.11. The molecule has 0 amide bonds. The van der Waals surface area contributed by atoms with Gasteiger partial charge in [-0.25, -0.2) is 0 Å². The Morgan fingerprint density at radius 3 is 1.89 bits per heavy atom. The SMILES string of the molecule is CCCCCCCCCCN1C(=CC=C2CCCC(C=CC3=[N+](CCCCCCCCCC)c4ccccc4C3(C)C)=C2Cl)C(C)(C)c2ccccc21.[I-]. The molecule has 0 saturated carbocycles. The van der Waals surface area contributed by atoms with Crippen molar-refractivity contribution in [1.82, 2.24) is 0 Å². The van der Waals surface area contributed by atoms with Crippen molar-refractivity contribution in [2.75, 3.05) is 18.0 Å². The van der Waals surface area contributed by atoms with Gasteiger partial charge in [0.2, 0.25) is 5.69 Å². The lowest BCUT2D eigenvalue weighted by molar-refractivity contribution is -0.438. The molecule has 3 aliphatic rings. The Bertz CT molecular complexity index is 1650. The molecule has 4 heteroatoms. The lowest BCUT2D eigenvalue weighted by Gasteiger charge is -2.27. The number of rotatable bonds is 21. The maximum atomic E-state index is 7.33. The number of hydrogen-bond donors (Lipinski definition) is 0. The van der Waals surface area contributed by atoms with Crippen molar-refractivity contribution in [3.63, 3.8) is 0 Å². The van der Waals surface area contributed by atoms with Crippen LogP contribution in [-0.2, 0) is 10.8 Å². The molecule has 0 bridgehead atoms. The van der Waals surface area contributed by atoms with E-state index in [1.165, 1.54) is 148 Å². The van der Waals surface area contributed by atoms with E-state index in [4.69, 9.17) is 11.6 Å². The Balaban J connectivity index is 0.00000650. The van der Waals surface area contributed by atoms with Gasteiger partial charge in [0.1, 0.15) is 6.54 Å². The highest BCUT2D eigenvalue weighted by atomic mass is 127. The third-order valence-corrected chi connectivity index (χ3v) is 12.9. The summed E-state index contributed by atoms with van der Waals surface area (Å²) in [5.74, 6) is 0. The molecule has 0 fully saturated rings. The largest absolute Gasteiger partial charge is 1.00 e. The van der Waals surface area contributed by atoms with Gasteiger partial charge in [-0.05, 0) is 74.8 Å². The molecule has 0 aromatic heterocycles. The lowest BCUT2D eigenvalue weighted by Crippen LogP contribution is -3.00. The third kappa shape index (κ3) is 11.0. The molecule has 0 atom stereocenters. The number of fused-ring (bicyclic) bond motifs is 2. The molecular formula is C50H72ClIN2. The number of para-hydroxylation sites is 2. The second-order valence-corrected chi connectivity index (χ2v) is 17.6. The molecule has 0 unspecified atom stereocenters. The number of nitrogens with zero attached hydrogens (tertiary/aromatic N) is 2. The van der Waals surface area contributed by atoms with E-state index in [9.17, 15) is 0 Å². The molecule has 2 heterocycles. The standard InChI is InChI=1S/C50H72ClN2.HI/c1-7-9-11-13-15-17-19-25-38-52-44-32-23-21-30-42(44)49(3,4)46(52)36-34-40-28-27-29-41(48(40)51)35-37-47-50(5,6)43-31-22-24-33-45(43)53(47)39-26-20-18-16-14-12-10-8-2;/h21-24,30-37H,7-20,25-29,38-39H2,1-6H3;1H/q+1;/p-1. The van der Waals surface area contributed by atoms with Crippen LogP contribution in [0.5, 0.6) is 0 Å². The number of anilines is 1. The molecule has 0 spiro atoms. The lowest BCUT2D eigenvalue weighted by atomic mass is 9.81. The number of unbranched alkanes of at least 4 members (excludes halogenated alkanes) is 14. The number of halogens is 2. The highest BCUT2D eigenvalue weighted by Crippen LogP contribution is 2.48. The molecule has 0 saturated heterocycles. The van der Waals surface area contributed by atoms with Crippen LogP contribution in [-0.4, -0.2) is 23.4 Å². The normalized spacial score (nSPS) is 19.0. The molecule has 5 rings (SSSR count). The van der Waals surface area contributed by atoms with E-state index >= 15 is 0 Å². The average molecular weight is 863 g/mol. The number of benzene rings is 2. The first-order chi connectivity index (χ1) is 25.7. The maximum absolute atomic E-state index is 7.33. The summed E-state index contributed by atoms with van der Waals surface area (Å²) >= 11 is 7.33. The zero-order chi connectivity index (χ0) is 37.7. The van der Waals surface area contributed by atoms with Gasteiger partial charge in [0, 0.05) is 52.5 Å². The first-order valence-electron chi connectivity index (χ1n) is 21.8. The van der Waals surface area contributed by atoms with Crippen molar-refractivity contribution in [1.29, 1.82) is 0 Å². The number of hydrogen-bond acceptors (Lipinski definition) is 1. The van der Waals surface area contributed by atoms with E-state index in [1.54, 1.807) is 0 Å². The average Bonchev–Trinajstić information content (AvgIpc) is 3.51. The van der Waals surface area contributed by atoms with Crippen LogP contribution < -0.4 is 28.9 Å². The van der Waals surface area contributed by atoms with Crippen LogP contribution in [0.3, 0.4) is 0 Å². The van der Waals surface area contributed by atoms with Crippen LogP contribution in [0.1, 0.15) is 175 Å². The van der Waals surface area contributed by atoms with Crippen molar-refractivity contribution >= 4 is 28.7 Å². The van der Waals surface area contributed by atoms with Gasteiger partial charge in [-0.15, -0.1) is 0 Å². The van der Waals surface area contributed by atoms with E-state index in [0.29, 0.717) is 0 Å². The fourth-order valence-corrected chi connectivity index (χ4v) is 9.45. The highest BCUT2D eigenvalue weighted by molar-refractivity contribution is 6.32. The van der Waals surface area contributed by atoms with Crippen LogP contribution in [0.2, 0.25) is 0 Å². The van der Waals surface area contributed by atoms with Crippen LogP contribution in [0.25, 0.3) is 0 Å². The van der Waals surface area contributed by atoms with Gasteiger partial charge in [-0.1, -0.05) is 171 Å². The highest BCUT2D eigenvalue weighted by Gasteiger charge is 2.44. The van der Waals surface area contributed by atoms with Gasteiger partial charge in [-0.2, -0.15) is 4.58 Å². The van der Waals surface area contributed by atoms with E-state index in [-0.39, 0.29) is 34.8 Å². The molecule has 2 nitrogen and oxygen atoms in total. The molecule has 54 heavy (non-hydrogen) atoms. The van der Waals surface area contributed by atoms with Gasteiger partial charge < -0.3 is 28.9 Å². The monoisotopic (exact) mass is 862 g/mol. The second-order valence-electron chi connectivity index (χ2n) is 17.2. The maximum Gasteiger partial charge on any atom is 0.209 e. The fourth-order valence-electron chi connectivity index (χ4n) is 9.14. The molecular weight excluding hydrogens is 791 g/mol. The quantitative estimate of drug-likeness (QED) is 0.0688. The van der Waals surface area contributed by atoms with E-state index < -0.39 is 0 Å². The molecule has 1 aliphatic carbocycles. The summed E-state index contributed by atoms with van der Waals surface area (Å²) in [5, 5.41) is 0.954. The van der Waals surface area contributed by atoms with Crippen molar-refractivity contribution in [2.45, 2.75) is 174 Å². The van der Waals surface area contributed by atoms with Crippen LogP contribution in [0.15, 0.2) is 94.7 Å². The molecule has 2 aromatic rings. The predicted molar refractivity (Wildman–Crippen MR) is 233 cm³/mol. The van der Waals surface area contributed by atoms with Gasteiger partial charge in [-0.3, -0.25) is 0 Å². The first kappa shape index (κ1) is 44.6. The zero-order valence-electron chi connectivity index (χ0n) is 34.9. The van der Waals surface area contributed by atoms with Crippen molar-refractivity contribution in [3.8, 4) is 0 Å². The van der Waals surface area contributed by atoms with E-state index in [0.717, 1.165) is 37.4 Å². The fraction of sp³-hybridized carbons (Fsp3) is 0.580. The predicted octanol–water partition coefficient (Wildman–Crippen LogP) is 12.2. The smallest absolute Gasteiger partial charge is 0.209 e. The van der Waals surface area contributed by atoms with Gasteiger partial charge >= 0.3 is 0 Å². The summed E-state index contributed by atoms with van der Waals surface area (Å²) in [4.78, 5) is 2.61. The van der Waals surface area contributed by atoms with Crippen LogP contribution in [0.4, 0.5) is 11.4 Å². The molecule has 0 radical (unpaired) electrons. The first-order valence-corrected chi connectivity index (χ1v) is 22.2. The molecule has 2 aromatic carbocycles. The Morgan fingerprint density at radius 2 is 1.22 bits per heavy atom. The summed E-state index contributed by atoms with van der Waals surface area (Å²) in [6, 6.07) is 18.1. The van der Waals surface area contributed by atoms with Crippen molar-refractivity contribution < 1.29 is 28.6 Å². The molecule has 296 valence electrons. The Kier molecular flexibility index (Phi) is 18.2. The molecule has 2 aliphatic heterocycles. The summed E-state index contributed by atoms with van der Waals surface area (Å²) in [5.41, 5.74) is 10.9. The summed E-state index contributed by atoms with van der Waals surface area (Å²) in [6.45, 7) is 16.3. The minimum atomic E-state index is -0.0421. The van der Waals surface area contributed by atoms with E-state index in [2.05, 4.69) is 124 Å². The van der Waals surface area contributed by atoms with Crippen molar-refractivity contribution in [2.24, 2.45) is 0 Å². The Morgan fingerprint density at radius 1 is 0.648 bits per heavy atom.